The molecule has 1 atom stereocenters. The molecule has 3 rings (SSSR count). The zero-order chi connectivity index (χ0) is 30.4. The van der Waals surface area contributed by atoms with Crippen molar-refractivity contribution in [3.63, 3.8) is 0 Å². The van der Waals surface area contributed by atoms with Gasteiger partial charge in [0, 0.05) is 17.1 Å². The molecule has 0 aromatic heterocycles. The molecule has 0 fully saturated rings. The minimum atomic E-state index is -4.30. The van der Waals surface area contributed by atoms with Crippen LogP contribution in [0.4, 0.5) is 10.1 Å². The van der Waals surface area contributed by atoms with Crippen molar-refractivity contribution in [2.24, 2.45) is 0 Å². The van der Waals surface area contributed by atoms with Gasteiger partial charge in [0.2, 0.25) is 11.8 Å². The number of halogens is 2. The summed E-state index contributed by atoms with van der Waals surface area (Å²) in [6, 6.07) is 16.5. The molecule has 0 spiro atoms. The highest BCUT2D eigenvalue weighted by Gasteiger charge is 2.33. The van der Waals surface area contributed by atoms with E-state index in [0.717, 1.165) is 16.4 Å². The first kappa shape index (κ1) is 31.9. The van der Waals surface area contributed by atoms with Crippen molar-refractivity contribution in [1.82, 2.24) is 10.2 Å². The van der Waals surface area contributed by atoms with Gasteiger partial charge >= 0.3 is 0 Å². The molecular formula is C30H35ClFN3O5S. The second-order valence-corrected chi connectivity index (χ2v) is 12.8. The average Bonchev–Trinajstić information content (AvgIpc) is 2.90. The number of nitrogens with zero attached hydrogens (tertiary/aromatic N) is 2. The van der Waals surface area contributed by atoms with Crippen LogP contribution in [0.15, 0.2) is 77.7 Å². The minimum Gasteiger partial charge on any atom is -0.494 e. The van der Waals surface area contributed by atoms with Gasteiger partial charge in [-0.2, -0.15) is 0 Å². The van der Waals surface area contributed by atoms with Gasteiger partial charge in [0.15, 0.2) is 0 Å². The van der Waals surface area contributed by atoms with Crippen LogP contribution in [0.1, 0.15) is 40.2 Å². The van der Waals surface area contributed by atoms with Crippen LogP contribution in [0.2, 0.25) is 5.02 Å². The van der Waals surface area contributed by atoms with Gasteiger partial charge in [-0.15, -0.1) is 0 Å². The standard InChI is InChI=1S/C30H35ClFN3O5S/c1-6-40-26-14-16-27(17-15-26)41(38,39)35(25-12-10-24(32)11-13-25)20-28(36)34(19-22-8-7-9-23(31)18-22)21(2)29(37)33-30(3,4)5/h7-18,21H,6,19-20H2,1-5H3,(H,33,37)/t21-/m1/s1. The third kappa shape index (κ3) is 8.68. The number of hydrogen-bond donors (Lipinski definition) is 1. The van der Waals surface area contributed by atoms with E-state index in [9.17, 15) is 22.4 Å². The summed E-state index contributed by atoms with van der Waals surface area (Å²) >= 11 is 6.16. The Morgan fingerprint density at radius 2 is 1.66 bits per heavy atom. The highest BCUT2D eigenvalue weighted by molar-refractivity contribution is 7.92. The third-order valence-corrected chi connectivity index (χ3v) is 8.05. The number of carbonyl (C=O) groups is 2. The lowest BCUT2D eigenvalue weighted by Crippen LogP contribution is -2.54. The van der Waals surface area contributed by atoms with Gasteiger partial charge in [-0.25, -0.2) is 12.8 Å². The van der Waals surface area contributed by atoms with Gasteiger partial charge in [-0.05, 0) is 101 Å². The maximum atomic E-state index is 13.9. The molecule has 0 saturated carbocycles. The van der Waals surface area contributed by atoms with E-state index in [4.69, 9.17) is 16.3 Å². The molecule has 0 aliphatic carbocycles. The van der Waals surface area contributed by atoms with E-state index in [2.05, 4.69) is 5.32 Å². The van der Waals surface area contributed by atoms with E-state index in [-0.39, 0.29) is 17.1 Å². The van der Waals surface area contributed by atoms with Crippen molar-refractivity contribution in [3.8, 4) is 5.75 Å². The smallest absolute Gasteiger partial charge is 0.264 e. The number of rotatable bonds is 11. The van der Waals surface area contributed by atoms with Crippen molar-refractivity contribution >= 4 is 39.1 Å². The van der Waals surface area contributed by atoms with Crippen LogP contribution in [-0.4, -0.2) is 49.9 Å². The van der Waals surface area contributed by atoms with Crippen molar-refractivity contribution < 1.29 is 27.1 Å². The Bertz CT molecular complexity index is 1460. The quantitative estimate of drug-likeness (QED) is 0.316. The van der Waals surface area contributed by atoms with Crippen molar-refractivity contribution in [1.29, 1.82) is 0 Å². The summed E-state index contributed by atoms with van der Waals surface area (Å²) in [6.45, 7) is 8.61. The molecule has 0 saturated heterocycles. The fourth-order valence-electron chi connectivity index (χ4n) is 4.03. The van der Waals surface area contributed by atoms with Gasteiger partial charge < -0.3 is 15.0 Å². The van der Waals surface area contributed by atoms with Crippen molar-refractivity contribution in [2.45, 2.75) is 57.6 Å². The van der Waals surface area contributed by atoms with Crippen LogP contribution >= 0.6 is 11.6 Å². The van der Waals surface area contributed by atoms with E-state index in [1.165, 1.54) is 41.3 Å². The summed E-state index contributed by atoms with van der Waals surface area (Å²) in [7, 11) is -4.30. The van der Waals surface area contributed by atoms with E-state index in [1.807, 2.05) is 27.7 Å². The minimum absolute atomic E-state index is 0.00151. The molecule has 0 unspecified atom stereocenters. The second-order valence-electron chi connectivity index (χ2n) is 10.5. The van der Waals surface area contributed by atoms with Gasteiger partial charge in [0.25, 0.3) is 10.0 Å². The monoisotopic (exact) mass is 603 g/mol. The molecule has 2 amide bonds. The van der Waals surface area contributed by atoms with Crippen LogP contribution in [-0.2, 0) is 26.2 Å². The highest BCUT2D eigenvalue weighted by Crippen LogP contribution is 2.26. The molecule has 11 heteroatoms. The fraction of sp³-hybridized carbons (Fsp3) is 0.333. The molecule has 41 heavy (non-hydrogen) atoms. The summed E-state index contributed by atoms with van der Waals surface area (Å²) in [6.07, 6.45) is 0. The summed E-state index contributed by atoms with van der Waals surface area (Å²) in [4.78, 5) is 28.3. The molecular weight excluding hydrogens is 569 g/mol. The average molecular weight is 604 g/mol. The van der Waals surface area contributed by atoms with E-state index < -0.39 is 45.8 Å². The lowest BCUT2D eigenvalue weighted by molar-refractivity contribution is -0.140. The van der Waals surface area contributed by atoms with Crippen LogP contribution in [0.5, 0.6) is 5.75 Å². The molecule has 0 aliphatic heterocycles. The Balaban J connectivity index is 2.03. The SMILES string of the molecule is CCOc1ccc(S(=O)(=O)N(CC(=O)N(Cc2cccc(Cl)c2)[C@H](C)C(=O)NC(C)(C)C)c2ccc(F)cc2)cc1. The first-order chi connectivity index (χ1) is 19.2. The van der Waals surface area contributed by atoms with Gasteiger partial charge in [-0.1, -0.05) is 23.7 Å². The van der Waals surface area contributed by atoms with Crippen LogP contribution in [0.3, 0.4) is 0 Å². The molecule has 220 valence electrons. The Hall–Kier alpha value is -3.63. The van der Waals surface area contributed by atoms with Crippen LogP contribution in [0.25, 0.3) is 0 Å². The highest BCUT2D eigenvalue weighted by atomic mass is 35.5. The fourth-order valence-corrected chi connectivity index (χ4v) is 5.65. The predicted molar refractivity (Wildman–Crippen MR) is 158 cm³/mol. The number of amides is 2. The van der Waals surface area contributed by atoms with E-state index >= 15 is 0 Å². The van der Waals surface area contributed by atoms with E-state index in [1.54, 1.807) is 31.2 Å². The second kappa shape index (κ2) is 13.4. The molecule has 0 bridgehead atoms. The maximum absolute atomic E-state index is 13.9. The predicted octanol–water partition coefficient (Wildman–Crippen LogP) is 5.41. The van der Waals surface area contributed by atoms with E-state index in [0.29, 0.717) is 22.9 Å². The summed E-state index contributed by atoms with van der Waals surface area (Å²) < 4.78 is 47.8. The molecule has 0 aliphatic rings. The molecule has 8 nitrogen and oxygen atoms in total. The zero-order valence-electron chi connectivity index (χ0n) is 23.7. The van der Waals surface area contributed by atoms with Gasteiger partial charge in [0.1, 0.15) is 24.2 Å². The number of nitrogens with one attached hydrogen (secondary N) is 1. The summed E-state index contributed by atoms with van der Waals surface area (Å²) in [5, 5.41) is 3.32. The maximum Gasteiger partial charge on any atom is 0.264 e. The summed E-state index contributed by atoms with van der Waals surface area (Å²) in [5.41, 5.74) is 0.180. The zero-order valence-corrected chi connectivity index (χ0v) is 25.3. The van der Waals surface area contributed by atoms with Gasteiger partial charge in [0.05, 0.1) is 17.2 Å². The topological polar surface area (TPSA) is 96.0 Å². The molecule has 0 radical (unpaired) electrons. The number of ether oxygens (including phenoxy) is 1. The van der Waals surface area contributed by atoms with Gasteiger partial charge in [-0.3, -0.25) is 13.9 Å². The first-order valence-corrected chi connectivity index (χ1v) is 14.9. The molecule has 3 aromatic rings. The number of hydrogen-bond acceptors (Lipinski definition) is 5. The van der Waals surface area contributed by atoms with Crippen molar-refractivity contribution in [3.05, 3.63) is 89.2 Å². The summed E-state index contributed by atoms with van der Waals surface area (Å²) in [5.74, 6) is -1.12. The normalized spacial score (nSPS) is 12.4. The number of benzene rings is 3. The third-order valence-electron chi connectivity index (χ3n) is 6.02. The number of sulfonamides is 1. The Morgan fingerprint density at radius 1 is 1.02 bits per heavy atom. The van der Waals surface area contributed by atoms with Crippen LogP contribution < -0.4 is 14.4 Å². The first-order valence-electron chi connectivity index (χ1n) is 13.1. The number of anilines is 1. The molecule has 0 heterocycles. The largest absolute Gasteiger partial charge is 0.494 e. The lowest BCUT2D eigenvalue weighted by Gasteiger charge is -2.33. The molecule has 1 N–H and O–H groups in total. The Labute approximate surface area is 246 Å². The molecule has 3 aromatic carbocycles. The number of carbonyl (C=O) groups excluding carboxylic acids is 2. The van der Waals surface area contributed by atoms with Crippen LogP contribution in [0, 0.1) is 5.82 Å². The Kier molecular flexibility index (Phi) is 10.4. The van der Waals surface area contributed by atoms with Crippen molar-refractivity contribution in [2.75, 3.05) is 17.5 Å². The lowest BCUT2D eigenvalue weighted by atomic mass is 10.1. The Morgan fingerprint density at radius 3 is 2.22 bits per heavy atom.